The van der Waals surface area contributed by atoms with Crippen molar-refractivity contribution in [2.75, 3.05) is 6.54 Å². The van der Waals surface area contributed by atoms with Crippen LogP contribution in [0.2, 0.25) is 0 Å². The lowest BCUT2D eigenvalue weighted by atomic mass is 10.1. The zero-order valence-electron chi connectivity index (χ0n) is 13.6. The van der Waals surface area contributed by atoms with Crippen LogP contribution in [0.4, 0.5) is 0 Å². The van der Waals surface area contributed by atoms with Crippen molar-refractivity contribution in [3.8, 4) is 0 Å². The molecule has 3 aromatic rings. The van der Waals surface area contributed by atoms with E-state index in [1.807, 2.05) is 30.4 Å². The molecule has 0 saturated heterocycles. The Kier molecular flexibility index (Phi) is 4.26. The van der Waals surface area contributed by atoms with Gasteiger partial charge in [-0.1, -0.05) is 54.6 Å². The SMILES string of the molecule is C(=C\c1nc(CCN2Cc3ccccc3C2)co1)/c1ccccc1. The van der Waals surface area contributed by atoms with Crippen LogP contribution in [-0.2, 0) is 19.5 Å². The van der Waals surface area contributed by atoms with Gasteiger partial charge < -0.3 is 4.42 Å². The molecule has 3 heteroatoms. The van der Waals surface area contributed by atoms with E-state index in [0.717, 1.165) is 37.3 Å². The van der Waals surface area contributed by atoms with E-state index in [-0.39, 0.29) is 0 Å². The van der Waals surface area contributed by atoms with Crippen LogP contribution in [0.1, 0.15) is 28.3 Å². The molecular weight excluding hydrogens is 296 g/mol. The molecule has 0 atom stereocenters. The highest BCUT2D eigenvalue weighted by atomic mass is 16.3. The van der Waals surface area contributed by atoms with Gasteiger partial charge in [-0.05, 0) is 22.8 Å². The first-order valence-electron chi connectivity index (χ1n) is 8.33. The van der Waals surface area contributed by atoms with Gasteiger partial charge in [0.2, 0.25) is 5.89 Å². The molecule has 0 bridgehead atoms. The van der Waals surface area contributed by atoms with Crippen LogP contribution < -0.4 is 0 Å². The number of hydrogen-bond donors (Lipinski definition) is 0. The van der Waals surface area contributed by atoms with E-state index in [2.05, 4.69) is 46.3 Å². The molecule has 1 aliphatic heterocycles. The van der Waals surface area contributed by atoms with Gasteiger partial charge in [-0.2, -0.15) is 0 Å². The molecule has 2 aromatic carbocycles. The first-order valence-corrected chi connectivity index (χ1v) is 8.33. The van der Waals surface area contributed by atoms with Crippen molar-refractivity contribution >= 4 is 12.2 Å². The fraction of sp³-hybridized carbons (Fsp3) is 0.190. The summed E-state index contributed by atoms with van der Waals surface area (Å²) in [4.78, 5) is 7.01. The van der Waals surface area contributed by atoms with Crippen LogP contribution in [0.25, 0.3) is 12.2 Å². The van der Waals surface area contributed by atoms with E-state index >= 15 is 0 Å². The number of benzene rings is 2. The van der Waals surface area contributed by atoms with E-state index < -0.39 is 0 Å². The quantitative estimate of drug-likeness (QED) is 0.698. The molecule has 2 heterocycles. The lowest BCUT2D eigenvalue weighted by molar-refractivity contribution is 0.287. The normalized spacial score (nSPS) is 14.3. The van der Waals surface area contributed by atoms with Crippen LogP contribution in [0, 0.1) is 0 Å². The third kappa shape index (κ3) is 3.47. The molecule has 0 aliphatic carbocycles. The summed E-state index contributed by atoms with van der Waals surface area (Å²) in [6.07, 6.45) is 6.63. The second-order valence-electron chi connectivity index (χ2n) is 6.15. The number of hydrogen-bond acceptors (Lipinski definition) is 3. The van der Waals surface area contributed by atoms with Crippen molar-refractivity contribution in [1.29, 1.82) is 0 Å². The maximum atomic E-state index is 5.55. The zero-order chi connectivity index (χ0) is 16.2. The molecule has 24 heavy (non-hydrogen) atoms. The first-order chi connectivity index (χ1) is 11.9. The van der Waals surface area contributed by atoms with Crippen molar-refractivity contribution < 1.29 is 4.42 Å². The Morgan fingerprint density at radius 2 is 1.62 bits per heavy atom. The number of nitrogens with zero attached hydrogens (tertiary/aromatic N) is 2. The van der Waals surface area contributed by atoms with Crippen molar-refractivity contribution in [3.63, 3.8) is 0 Å². The molecule has 0 fully saturated rings. The summed E-state index contributed by atoms with van der Waals surface area (Å²) >= 11 is 0. The van der Waals surface area contributed by atoms with Gasteiger partial charge in [0.25, 0.3) is 0 Å². The summed E-state index contributed by atoms with van der Waals surface area (Å²) in [5.41, 5.74) is 5.05. The number of fused-ring (bicyclic) bond motifs is 1. The maximum absolute atomic E-state index is 5.55. The summed E-state index contributed by atoms with van der Waals surface area (Å²) < 4.78 is 5.55. The Morgan fingerprint density at radius 3 is 2.38 bits per heavy atom. The van der Waals surface area contributed by atoms with Crippen molar-refractivity contribution in [3.05, 3.63) is 89.1 Å². The topological polar surface area (TPSA) is 29.3 Å². The van der Waals surface area contributed by atoms with Crippen molar-refractivity contribution in [2.45, 2.75) is 19.5 Å². The monoisotopic (exact) mass is 316 g/mol. The minimum Gasteiger partial charge on any atom is -0.445 e. The molecule has 1 aromatic heterocycles. The molecule has 0 saturated carbocycles. The molecule has 0 unspecified atom stereocenters. The van der Waals surface area contributed by atoms with E-state index in [9.17, 15) is 0 Å². The van der Waals surface area contributed by atoms with E-state index in [0.29, 0.717) is 5.89 Å². The smallest absolute Gasteiger partial charge is 0.218 e. The Balaban J connectivity index is 1.32. The summed E-state index contributed by atoms with van der Waals surface area (Å²) in [7, 11) is 0. The Labute approximate surface area is 142 Å². The fourth-order valence-electron chi connectivity index (χ4n) is 3.08. The third-order valence-electron chi connectivity index (χ3n) is 4.38. The minimum absolute atomic E-state index is 0.665. The molecule has 1 aliphatic rings. The maximum Gasteiger partial charge on any atom is 0.218 e. The van der Waals surface area contributed by atoms with Crippen LogP contribution in [-0.4, -0.2) is 16.4 Å². The largest absolute Gasteiger partial charge is 0.445 e. The van der Waals surface area contributed by atoms with Crippen LogP contribution in [0.15, 0.2) is 65.3 Å². The number of rotatable bonds is 5. The highest BCUT2D eigenvalue weighted by molar-refractivity contribution is 5.65. The zero-order valence-corrected chi connectivity index (χ0v) is 13.6. The lowest BCUT2D eigenvalue weighted by Gasteiger charge is -2.13. The van der Waals surface area contributed by atoms with E-state index in [1.54, 1.807) is 6.26 Å². The fourth-order valence-corrected chi connectivity index (χ4v) is 3.08. The van der Waals surface area contributed by atoms with Crippen LogP contribution >= 0.6 is 0 Å². The first kappa shape index (κ1) is 14.9. The Bertz CT molecular complexity index is 811. The number of aromatic nitrogens is 1. The average Bonchev–Trinajstić information content (AvgIpc) is 3.25. The summed E-state index contributed by atoms with van der Waals surface area (Å²) in [5, 5.41) is 0. The van der Waals surface area contributed by atoms with Crippen LogP contribution in [0.5, 0.6) is 0 Å². The Hall–Kier alpha value is -2.65. The highest BCUT2D eigenvalue weighted by Gasteiger charge is 2.17. The van der Waals surface area contributed by atoms with Gasteiger partial charge in [0.1, 0.15) is 6.26 Å². The van der Waals surface area contributed by atoms with Gasteiger partial charge in [-0.15, -0.1) is 0 Å². The second kappa shape index (κ2) is 6.85. The molecule has 0 N–H and O–H groups in total. The molecule has 0 amide bonds. The molecule has 0 radical (unpaired) electrons. The van der Waals surface area contributed by atoms with Gasteiger partial charge >= 0.3 is 0 Å². The van der Waals surface area contributed by atoms with Gasteiger partial charge in [0.15, 0.2) is 0 Å². The lowest BCUT2D eigenvalue weighted by Crippen LogP contribution is -2.19. The minimum atomic E-state index is 0.665. The predicted molar refractivity (Wildman–Crippen MR) is 96.1 cm³/mol. The van der Waals surface area contributed by atoms with Crippen molar-refractivity contribution in [2.24, 2.45) is 0 Å². The third-order valence-corrected chi connectivity index (χ3v) is 4.38. The second-order valence-corrected chi connectivity index (χ2v) is 6.15. The standard InChI is InChI=1S/C21H20N2O/c1-2-6-17(7-3-1)10-11-21-22-20(16-24-21)12-13-23-14-18-8-4-5-9-19(18)15-23/h1-11,16H,12-15H2/b11-10+. The summed E-state index contributed by atoms with van der Waals surface area (Å²) in [6.45, 7) is 3.08. The molecule has 120 valence electrons. The van der Waals surface area contributed by atoms with Gasteiger partial charge in [0, 0.05) is 32.1 Å². The van der Waals surface area contributed by atoms with Crippen molar-refractivity contribution in [1.82, 2.24) is 9.88 Å². The van der Waals surface area contributed by atoms with E-state index in [4.69, 9.17) is 4.42 Å². The molecular formula is C21H20N2O. The number of oxazole rings is 1. The average molecular weight is 316 g/mol. The van der Waals surface area contributed by atoms with Gasteiger partial charge in [0.05, 0.1) is 5.69 Å². The predicted octanol–water partition coefficient (Wildman–Crippen LogP) is 4.40. The van der Waals surface area contributed by atoms with Crippen LogP contribution in [0.3, 0.4) is 0 Å². The molecule has 0 spiro atoms. The molecule has 4 rings (SSSR count). The Morgan fingerprint density at radius 1 is 0.917 bits per heavy atom. The summed E-state index contributed by atoms with van der Waals surface area (Å²) in [6, 6.07) is 18.9. The van der Waals surface area contributed by atoms with Gasteiger partial charge in [-0.3, -0.25) is 4.90 Å². The molecule has 3 nitrogen and oxygen atoms in total. The highest BCUT2D eigenvalue weighted by Crippen LogP contribution is 2.22. The van der Waals surface area contributed by atoms with E-state index in [1.165, 1.54) is 11.1 Å². The van der Waals surface area contributed by atoms with Gasteiger partial charge in [-0.25, -0.2) is 4.98 Å². The summed E-state index contributed by atoms with van der Waals surface area (Å²) in [5.74, 6) is 0.665.